The highest BCUT2D eigenvalue weighted by Crippen LogP contribution is 2.38. The maximum absolute atomic E-state index is 14.5. The number of ketones is 3. The number of allylic oxidation sites excluding steroid dienone is 6. The van der Waals surface area contributed by atoms with E-state index >= 15 is 0 Å². The van der Waals surface area contributed by atoms with Crippen molar-refractivity contribution in [1.29, 1.82) is 0 Å². The van der Waals surface area contributed by atoms with Gasteiger partial charge in [0.25, 0.3) is 11.7 Å². The molecule has 2 saturated heterocycles. The van der Waals surface area contributed by atoms with Gasteiger partial charge in [-0.2, -0.15) is 8.78 Å². The fraction of sp³-hybridized carbons (Fsp3) is 0.768. The molecule has 3 fully saturated rings. The number of cyclic esters (lactones) is 1. The van der Waals surface area contributed by atoms with E-state index in [9.17, 15) is 43.0 Å². The lowest BCUT2D eigenvalue weighted by Crippen LogP contribution is -2.61. The summed E-state index contributed by atoms with van der Waals surface area (Å²) in [6.07, 6.45) is 8.87. The molecule has 1 amide bonds. The molecular formula is C56H87F2NO15. The van der Waals surface area contributed by atoms with Crippen LogP contribution < -0.4 is 0 Å². The average Bonchev–Trinajstić information content (AvgIpc) is 3.37. The average molecular weight is 1050 g/mol. The van der Waals surface area contributed by atoms with Gasteiger partial charge < -0.3 is 53.0 Å². The summed E-state index contributed by atoms with van der Waals surface area (Å²) in [4.78, 5) is 72.6. The number of piperidine rings is 1. The lowest BCUT2D eigenvalue weighted by Gasteiger charge is -2.43. The van der Waals surface area contributed by atoms with Crippen LogP contribution in [0, 0.1) is 35.5 Å². The number of aliphatic hydroxyl groups is 2. The summed E-state index contributed by atoms with van der Waals surface area (Å²) < 4.78 is 72.1. The van der Waals surface area contributed by atoms with Crippen LogP contribution in [0.4, 0.5) is 8.78 Å². The Morgan fingerprint density at radius 3 is 2.26 bits per heavy atom. The van der Waals surface area contributed by atoms with E-state index in [1.54, 1.807) is 40.9 Å². The Morgan fingerprint density at radius 2 is 1.57 bits per heavy atom. The topological polar surface area (TPSA) is 203 Å². The molecule has 3 aliphatic heterocycles. The summed E-state index contributed by atoms with van der Waals surface area (Å²) in [6.45, 7) is 10.8. The normalized spacial score (nSPS) is 35.9. The number of halogens is 2. The van der Waals surface area contributed by atoms with Gasteiger partial charge in [-0.25, -0.2) is 4.79 Å². The second-order valence-electron chi connectivity index (χ2n) is 21.2. The molecule has 2 bridgehead atoms. The van der Waals surface area contributed by atoms with Crippen LogP contribution in [0.25, 0.3) is 0 Å². The van der Waals surface area contributed by atoms with Crippen molar-refractivity contribution in [2.75, 3.05) is 54.3 Å². The molecule has 0 unspecified atom stereocenters. The van der Waals surface area contributed by atoms with Gasteiger partial charge in [0.05, 0.1) is 50.8 Å². The number of fused-ring (bicyclic) bond motifs is 3. The number of carbonyl (C=O) groups is 5. The third-order valence-electron chi connectivity index (χ3n) is 15.4. The highest BCUT2D eigenvalue weighted by Gasteiger charge is 2.53. The molecule has 4 aliphatic rings. The fourth-order valence-electron chi connectivity index (χ4n) is 10.8. The lowest BCUT2D eigenvalue weighted by atomic mass is 9.78. The third-order valence-corrected chi connectivity index (χ3v) is 15.4. The number of Topliss-reactive ketones (excluding diaryl/α,β-unsaturated/α-hetero) is 3. The SMILES string of the molecule is COCCOCCO[C@@H]1C[C@@H]2CC[C@@H](C)[C@@](O)(O2)C(=O)C(=O)N2CCCC[C@H]2C(=O)O[C@H]([C@H](C)C[C@@H]2CC[C@@H](OC(F)F)[C@H](OC)C2)CC(=O)[C@H](C)/C=C(\C)[C@@H](O)[C@@H](OC)C(=O)[C@H](C)C[C@H](C)/C=C/C=CC=C1C. The number of hydrogen-bond acceptors (Lipinski definition) is 15. The number of ether oxygens (including phenoxy) is 8. The first-order valence-electron chi connectivity index (χ1n) is 26.7. The summed E-state index contributed by atoms with van der Waals surface area (Å²) >= 11 is 0. The largest absolute Gasteiger partial charge is 0.460 e. The van der Waals surface area contributed by atoms with E-state index in [0.29, 0.717) is 76.6 Å². The molecule has 0 aromatic heterocycles. The zero-order valence-electron chi connectivity index (χ0n) is 45.5. The number of methoxy groups -OCH3 is 3. The molecule has 15 atom stereocenters. The number of rotatable bonds is 14. The van der Waals surface area contributed by atoms with Crippen LogP contribution in [0.3, 0.4) is 0 Å². The molecule has 4 rings (SSSR count). The summed E-state index contributed by atoms with van der Waals surface area (Å²) in [5.41, 5.74) is 1.17. The number of aliphatic hydroxyl groups excluding tert-OH is 1. The van der Waals surface area contributed by atoms with Crippen LogP contribution in [-0.2, 0) is 61.9 Å². The van der Waals surface area contributed by atoms with E-state index in [0.717, 1.165) is 10.5 Å². The molecule has 0 aromatic rings. The first kappa shape index (κ1) is 62.9. The van der Waals surface area contributed by atoms with Gasteiger partial charge >= 0.3 is 12.6 Å². The summed E-state index contributed by atoms with van der Waals surface area (Å²) in [7, 11) is 4.38. The van der Waals surface area contributed by atoms with E-state index in [1.807, 2.05) is 51.2 Å². The molecule has 0 spiro atoms. The number of esters is 1. The van der Waals surface area contributed by atoms with Gasteiger partial charge in [-0.15, -0.1) is 0 Å². The second-order valence-corrected chi connectivity index (χ2v) is 21.2. The number of hydrogen-bond donors (Lipinski definition) is 2. The Morgan fingerprint density at radius 1 is 0.838 bits per heavy atom. The lowest BCUT2D eigenvalue weighted by molar-refractivity contribution is -0.266. The second kappa shape index (κ2) is 31.0. The van der Waals surface area contributed by atoms with Crippen molar-refractivity contribution < 1.29 is 80.9 Å². The minimum absolute atomic E-state index is 0.0286. The van der Waals surface area contributed by atoms with Crippen LogP contribution in [0.2, 0.25) is 0 Å². The minimum Gasteiger partial charge on any atom is -0.460 e. The van der Waals surface area contributed by atoms with Gasteiger partial charge in [-0.05, 0) is 107 Å². The van der Waals surface area contributed by atoms with Crippen LogP contribution >= 0.6 is 0 Å². The first-order valence-corrected chi connectivity index (χ1v) is 26.7. The summed E-state index contributed by atoms with van der Waals surface area (Å²) in [6, 6.07) is -1.22. The van der Waals surface area contributed by atoms with Gasteiger partial charge in [-0.3, -0.25) is 19.2 Å². The Balaban J connectivity index is 1.71. The van der Waals surface area contributed by atoms with Gasteiger partial charge in [0, 0.05) is 58.5 Å². The maximum Gasteiger partial charge on any atom is 0.345 e. The van der Waals surface area contributed by atoms with Crippen molar-refractivity contribution in [3.05, 3.63) is 47.6 Å². The molecule has 0 aromatic carbocycles. The molecule has 74 heavy (non-hydrogen) atoms. The van der Waals surface area contributed by atoms with E-state index in [-0.39, 0.29) is 62.4 Å². The quantitative estimate of drug-likeness (QED) is 0.0751. The van der Waals surface area contributed by atoms with Crippen molar-refractivity contribution in [1.82, 2.24) is 4.90 Å². The Kier molecular flexibility index (Phi) is 26.3. The molecule has 420 valence electrons. The van der Waals surface area contributed by atoms with Gasteiger partial charge in [-0.1, -0.05) is 71.1 Å². The maximum atomic E-state index is 14.5. The Hall–Kier alpha value is -3.59. The Bertz CT molecular complexity index is 1940. The van der Waals surface area contributed by atoms with Crippen molar-refractivity contribution >= 4 is 29.2 Å². The first-order chi connectivity index (χ1) is 35.1. The van der Waals surface area contributed by atoms with Gasteiger partial charge in [0.1, 0.15) is 30.1 Å². The summed E-state index contributed by atoms with van der Waals surface area (Å²) in [5, 5.41) is 23.6. The molecule has 18 heteroatoms. The number of nitrogens with zero attached hydrogens (tertiary/aromatic N) is 1. The highest BCUT2D eigenvalue weighted by molar-refractivity contribution is 6.39. The minimum atomic E-state index is -2.96. The van der Waals surface area contributed by atoms with Crippen LogP contribution in [-0.4, -0.2) is 160 Å². The molecule has 1 saturated carbocycles. The van der Waals surface area contributed by atoms with Crippen molar-refractivity contribution in [2.24, 2.45) is 35.5 Å². The number of amides is 1. The van der Waals surface area contributed by atoms with E-state index in [2.05, 4.69) is 0 Å². The zero-order chi connectivity index (χ0) is 54.7. The molecular weight excluding hydrogens is 965 g/mol. The molecule has 16 nitrogen and oxygen atoms in total. The predicted octanol–water partition coefficient (Wildman–Crippen LogP) is 7.46. The monoisotopic (exact) mass is 1050 g/mol. The van der Waals surface area contributed by atoms with Crippen LogP contribution in [0.5, 0.6) is 0 Å². The third kappa shape index (κ3) is 18.3. The van der Waals surface area contributed by atoms with Gasteiger partial charge in [0.2, 0.25) is 5.79 Å². The Labute approximate surface area is 437 Å². The number of carbonyl (C=O) groups excluding carboxylic acids is 5. The zero-order valence-corrected chi connectivity index (χ0v) is 45.5. The van der Waals surface area contributed by atoms with Crippen molar-refractivity contribution in [3.63, 3.8) is 0 Å². The van der Waals surface area contributed by atoms with Crippen molar-refractivity contribution in [3.8, 4) is 0 Å². The fourth-order valence-corrected chi connectivity index (χ4v) is 10.8. The molecule has 3 heterocycles. The predicted molar refractivity (Wildman–Crippen MR) is 272 cm³/mol. The molecule has 2 N–H and O–H groups in total. The van der Waals surface area contributed by atoms with E-state index < -0.39 is 102 Å². The van der Waals surface area contributed by atoms with Crippen LogP contribution in [0.1, 0.15) is 126 Å². The van der Waals surface area contributed by atoms with Gasteiger partial charge in [0.15, 0.2) is 5.78 Å². The molecule has 1 aliphatic carbocycles. The summed E-state index contributed by atoms with van der Waals surface area (Å²) in [5.74, 6) is -8.87. The van der Waals surface area contributed by atoms with Crippen LogP contribution in [0.15, 0.2) is 47.6 Å². The van der Waals surface area contributed by atoms with Crippen molar-refractivity contribution in [2.45, 2.75) is 187 Å². The smallest absolute Gasteiger partial charge is 0.345 e. The standard InChI is InChI=1S/C56H87F2NO15/c1-34-16-12-11-13-17-35(2)46(71-27-26-70-25-24-67-8)32-42-21-19-40(7)56(66,74-42)52(63)53(64)59-23-15-14-18-43(59)54(65)72-47(37(4)30-41-20-22-45(73-55(57)58)48(31-41)68-9)33-44(60)36(3)29-39(6)50(62)51(69-10)49(61)38(5)28-34/h11-13,16-17,29,34,36-38,40-43,45-48,50-51,55,62,66H,14-15,18-28,30-33H2,1-10H3/b13-11?,16-12+,35-17?,39-29+/t34-,36-,37-,38-,40-,41+,42+,43+,45-,46-,47+,48-,50-,51+,56-/m1/s1. The van der Waals surface area contributed by atoms with E-state index in [1.165, 1.54) is 14.2 Å². The highest BCUT2D eigenvalue weighted by atomic mass is 19.3. The molecule has 0 radical (unpaired) electrons. The van der Waals surface area contributed by atoms with E-state index in [4.69, 9.17) is 37.9 Å². The number of alkyl halides is 2.